The molecule has 8 unspecified atom stereocenters. The summed E-state index contributed by atoms with van der Waals surface area (Å²) in [4.78, 5) is 27.4. The van der Waals surface area contributed by atoms with E-state index >= 15 is 0 Å². The van der Waals surface area contributed by atoms with Crippen LogP contribution in [0.25, 0.3) is 0 Å². The van der Waals surface area contributed by atoms with Crippen molar-refractivity contribution in [1.82, 2.24) is 0 Å². The highest BCUT2D eigenvalue weighted by Crippen LogP contribution is 2.69. The lowest BCUT2D eigenvalue weighted by Crippen LogP contribution is -2.61. The number of hydrogen-bond donors (Lipinski definition) is 0. The first-order valence-corrected chi connectivity index (χ1v) is 13.5. The summed E-state index contributed by atoms with van der Waals surface area (Å²) in [5.74, 6) is 0.776. The molecule has 5 aliphatic rings. The number of carbonyl (C=O) groups is 2. The molecule has 5 rings (SSSR count). The summed E-state index contributed by atoms with van der Waals surface area (Å²) in [6.45, 7) is 15.6. The molecular formula is C31H41NO3. The molecule has 0 amide bonds. The van der Waals surface area contributed by atoms with E-state index in [0.29, 0.717) is 11.5 Å². The Bertz CT molecular complexity index is 1100. The average Bonchev–Trinajstić information content (AvgIpc) is 2.81. The molecule has 0 N–H and O–H groups in total. The molecule has 0 heterocycles. The van der Waals surface area contributed by atoms with Gasteiger partial charge in [-0.1, -0.05) is 52.8 Å². The largest absolute Gasteiger partial charge is 0.469 e. The Hall–Kier alpha value is -2.15. The molecule has 8 atom stereocenters. The van der Waals surface area contributed by atoms with Crippen molar-refractivity contribution in [3.63, 3.8) is 0 Å². The standard InChI is InChI=1S/C31H41NO3/c1-18-19(2)21-8-10-29(5)22-9-11-31(27(34)35-7)13-12-28(3,4)16-23(31)26(22)24(33)14-25(29)30(21,6)15-20(18)17-32/h14-15,19,21-23,26H,1,8-13,16H2,2-7H3. The molecular weight excluding hydrogens is 434 g/mol. The van der Waals surface area contributed by atoms with E-state index < -0.39 is 5.41 Å². The number of rotatable bonds is 1. The first-order chi connectivity index (χ1) is 16.3. The Morgan fingerprint density at radius 2 is 1.77 bits per heavy atom. The van der Waals surface area contributed by atoms with Crippen LogP contribution in [-0.4, -0.2) is 18.9 Å². The molecule has 0 radical (unpaired) electrons. The van der Waals surface area contributed by atoms with E-state index in [1.54, 1.807) is 0 Å². The Kier molecular flexibility index (Phi) is 5.38. The fourth-order valence-electron chi connectivity index (χ4n) is 9.55. The molecule has 0 spiro atoms. The first-order valence-electron chi connectivity index (χ1n) is 13.5. The highest BCUT2D eigenvalue weighted by atomic mass is 16.5. The molecule has 0 aliphatic heterocycles. The molecule has 3 fully saturated rings. The Morgan fingerprint density at radius 3 is 2.43 bits per heavy atom. The van der Waals surface area contributed by atoms with Gasteiger partial charge < -0.3 is 4.74 Å². The molecule has 4 heteroatoms. The predicted molar refractivity (Wildman–Crippen MR) is 136 cm³/mol. The molecule has 188 valence electrons. The van der Waals surface area contributed by atoms with Gasteiger partial charge in [0.15, 0.2) is 5.78 Å². The van der Waals surface area contributed by atoms with Gasteiger partial charge in [-0.15, -0.1) is 0 Å². The van der Waals surface area contributed by atoms with Gasteiger partial charge in [-0.25, -0.2) is 0 Å². The summed E-state index contributed by atoms with van der Waals surface area (Å²) in [5.41, 5.74) is 1.99. The van der Waals surface area contributed by atoms with Crippen molar-refractivity contribution >= 4 is 11.8 Å². The maximum absolute atomic E-state index is 14.1. The molecule has 5 aliphatic carbocycles. The fraction of sp³-hybridized carbons (Fsp3) is 0.710. The van der Waals surface area contributed by atoms with Gasteiger partial charge in [0.05, 0.1) is 24.2 Å². The van der Waals surface area contributed by atoms with Crippen LogP contribution >= 0.6 is 0 Å². The van der Waals surface area contributed by atoms with Crippen LogP contribution in [-0.2, 0) is 14.3 Å². The van der Waals surface area contributed by atoms with Gasteiger partial charge in [-0.2, -0.15) is 5.26 Å². The highest BCUT2D eigenvalue weighted by Gasteiger charge is 2.65. The van der Waals surface area contributed by atoms with E-state index in [4.69, 9.17) is 4.74 Å². The lowest BCUT2D eigenvalue weighted by Gasteiger charge is -2.64. The van der Waals surface area contributed by atoms with Crippen molar-refractivity contribution in [3.8, 4) is 6.07 Å². The van der Waals surface area contributed by atoms with E-state index in [2.05, 4.69) is 53.3 Å². The fourth-order valence-corrected chi connectivity index (χ4v) is 9.55. The van der Waals surface area contributed by atoms with E-state index in [-0.39, 0.29) is 51.7 Å². The molecule has 0 aromatic carbocycles. The summed E-state index contributed by atoms with van der Waals surface area (Å²) < 4.78 is 5.39. The van der Waals surface area contributed by atoms with Crippen molar-refractivity contribution < 1.29 is 14.3 Å². The Morgan fingerprint density at radius 1 is 1.09 bits per heavy atom. The molecule has 35 heavy (non-hydrogen) atoms. The normalized spacial score (nSPS) is 46.0. The third-order valence-corrected chi connectivity index (χ3v) is 11.5. The van der Waals surface area contributed by atoms with Crippen LogP contribution in [0.4, 0.5) is 0 Å². The number of methoxy groups -OCH3 is 1. The van der Waals surface area contributed by atoms with Gasteiger partial charge in [0.1, 0.15) is 0 Å². The minimum atomic E-state index is -0.533. The molecule has 4 nitrogen and oxygen atoms in total. The number of ketones is 1. The zero-order chi connectivity index (χ0) is 25.6. The lowest BCUT2D eigenvalue weighted by atomic mass is 9.39. The summed E-state index contributed by atoms with van der Waals surface area (Å²) in [6, 6.07) is 2.39. The van der Waals surface area contributed by atoms with Crippen molar-refractivity contribution in [2.45, 2.75) is 79.6 Å². The van der Waals surface area contributed by atoms with Gasteiger partial charge in [-0.05, 0) is 91.1 Å². The number of hydrogen-bond acceptors (Lipinski definition) is 4. The highest BCUT2D eigenvalue weighted by molar-refractivity contribution is 5.96. The number of fused-ring (bicyclic) bond motifs is 7. The van der Waals surface area contributed by atoms with Crippen molar-refractivity contribution in [3.05, 3.63) is 35.5 Å². The maximum Gasteiger partial charge on any atom is 0.312 e. The van der Waals surface area contributed by atoms with Crippen LogP contribution in [0.5, 0.6) is 0 Å². The second kappa shape index (κ2) is 7.67. The Balaban J connectivity index is 1.64. The summed E-state index contributed by atoms with van der Waals surface area (Å²) in [5, 5.41) is 9.86. The van der Waals surface area contributed by atoms with Gasteiger partial charge in [-0.3, -0.25) is 9.59 Å². The van der Waals surface area contributed by atoms with E-state index in [0.717, 1.165) is 50.5 Å². The molecule has 0 aromatic rings. The quantitative estimate of drug-likeness (QED) is 0.401. The van der Waals surface area contributed by atoms with Crippen molar-refractivity contribution in [1.29, 1.82) is 5.26 Å². The molecule has 0 aromatic heterocycles. The van der Waals surface area contributed by atoms with Gasteiger partial charge in [0.2, 0.25) is 0 Å². The third-order valence-electron chi connectivity index (χ3n) is 11.5. The number of nitriles is 1. The zero-order valence-corrected chi connectivity index (χ0v) is 22.4. The molecule has 0 bridgehead atoms. The lowest BCUT2D eigenvalue weighted by molar-refractivity contribution is -0.177. The topological polar surface area (TPSA) is 67.2 Å². The van der Waals surface area contributed by atoms with Crippen molar-refractivity contribution in [2.75, 3.05) is 7.11 Å². The number of nitrogens with zero attached hydrogens (tertiary/aromatic N) is 1. The molecule has 3 saturated carbocycles. The minimum Gasteiger partial charge on any atom is -0.469 e. The Labute approximate surface area is 210 Å². The van der Waals surface area contributed by atoms with E-state index in [1.807, 2.05) is 6.08 Å². The summed E-state index contributed by atoms with van der Waals surface area (Å²) in [6.07, 6.45) is 10.6. The average molecular weight is 476 g/mol. The van der Waals surface area contributed by atoms with Gasteiger partial charge >= 0.3 is 5.97 Å². The summed E-state index contributed by atoms with van der Waals surface area (Å²) in [7, 11) is 1.50. The second-order valence-electron chi connectivity index (χ2n) is 13.6. The van der Waals surface area contributed by atoms with Crippen molar-refractivity contribution in [2.24, 2.45) is 51.2 Å². The van der Waals surface area contributed by atoms with Gasteiger partial charge in [0.25, 0.3) is 0 Å². The SMILES string of the molecule is C=C1C(C#N)=CC2(C)C3=CC(=O)C4C(CCC5(C(=O)OC)CCC(C)(C)CC45)C3(C)CCC2C1C. The predicted octanol–water partition coefficient (Wildman–Crippen LogP) is 6.59. The van der Waals surface area contributed by atoms with Crippen LogP contribution in [0.3, 0.4) is 0 Å². The van der Waals surface area contributed by atoms with Crippen LogP contribution in [0.2, 0.25) is 0 Å². The first kappa shape index (κ1) is 24.5. The monoisotopic (exact) mass is 475 g/mol. The second-order valence-corrected chi connectivity index (χ2v) is 13.6. The summed E-state index contributed by atoms with van der Waals surface area (Å²) >= 11 is 0. The maximum atomic E-state index is 14.1. The zero-order valence-electron chi connectivity index (χ0n) is 22.4. The van der Waals surface area contributed by atoms with E-state index in [1.165, 1.54) is 12.7 Å². The number of esters is 1. The minimum absolute atomic E-state index is 0.0281. The third kappa shape index (κ3) is 3.15. The van der Waals surface area contributed by atoms with Crippen LogP contribution < -0.4 is 0 Å². The van der Waals surface area contributed by atoms with Gasteiger partial charge in [0, 0.05) is 11.3 Å². The van der Waals surface area contributed by atoms with Crippen LogP contribution in [0.1, 0.15) is 79.6 Å². The number of ether oxygens (including phenoxy) is 1. The van der Waals surface area contributed by atoms with Crippen LogP contribution in [0.15, 0.2) is 35.5 Å². The molecule has 0 saturated heterocycles. The number of allylic oxidation sites excluding steroid dienone is 5. The smallest absolute Gasteiger partial charge is 0.312 e. The number of carbonyl (C=O) groups excluding carboxylic acids is 2. The van der Waals surface area contributed by atoms with E-state index in [9.17, 15) is 14.9 Å². The van der Waals surface area contributed by atoms with Crippen LogP contribution in [0, 0.1) is 62.6 Å².